The van der Waals surface area contributed by atoms with E-state index in [0.29, 0.717) is 11.6 Å². The van der Waals surface area contributed by atoms with Crippen LogP contribution in [0, 0.1) is 5.82 Å². The molecule has 0 saturated heterocycles. The molecule has 2 aromatic rings. The molecular formula is C14H15FN2O. The summed E-state index contributed by atoms with van der Waals surface area (Å²) in [5, 5.41) is 3.18. The number of hydrogen-bond donors (Lipinski definition) is 1. The molecule has 3 nitrogen and oxygen atoms in total. The Labute approximate surface area is 106 Å². The predicted octanol–water partition coefficient (Wildman–Crippen LogP) is 3.83. The Bertz CT molecular complexity index is 499. The predicted molar refractivity (Wildman–Crippen MR) is 69.5 cm³/mol. The number of anilines is 1. The number of nitrogens with zero attached hydrogens (tertiary/aromatic N) is 1. The van der Waals surface area contributed by atoms with Crippen molar-refractivity contribution < 1.29 is 9.13 Å². The van der Waals surface area contributed by atoms with Gasteiger partial charge in [0, 0.05) is 12.6 Å². The van der Waals surface area contributed by atoms with Crippen molar-refractivity contribution in [1.29, 1.82) is 0 Å². The fraction of sp³-hybridized carbons (Fsp3) is 0.214. The maximum atomic E-state index is 12.7. The largest absolute Gasteiger partial charge is 0.439 e. The standard InChI is InChI=1S/C14H15FN2O/c1-2-10-16-13-4-3-5-14(17-13)18-12-8-6-11(15)7-9-12/h3-9H,2,10H2,1H3,(H,16,17). The zero-order valence-corrected chi connectivity index (χ0v) is 10.2. The van der Waals surface area contributed by atoms with E-state index in [1.807, 2.05) is 12.1 Å². The van der Waals surface area contributed by atoms with Gasteiger partial charge >= 0.3 is 0 Å². The van der Waals surface area contributed by atoms with Gasteiger partial charge < -0.3 is 10.1 Å². The normalized spacial score (nSPS) is 10.1. The van der Waals surface area contributed by atoms with Crippen LogP contribution >= 0.6 is 0 Å². The Balaban J connectivity index is 2.06. The monoisotopic (exact) mass is 246 g/mol. The van der Waals surface area contributed by atoms with Crippen LogP contribution in [0.25, 0.3) is 0 Å². The number of benzene rings is 1. The number of hydrogen-bond acceptors (Lipinski definition) is 3. The molecule has 0 aliphatic heterocycles. The van der Waals surface area contributed by atoms with Crippen molar-refractivity contribution in [3.63, 3.8) is 0 Å². The minimum atomic E-state index is -0.284. The molecule has 0 amide bonds. The van der Waals surface area contributed by atoms with Crippen molar-refractivity contribution in [3.05, 3.63) is 48.3 Å². The van der Waals surface area contributed by atoms with Gasteiger partial charge in [0.15, 0.2) is 0 Å². The molecule has 0 atom stereocenters. The van der Waals surface area contributed by atoms with Crippen molar-refractivity contribution in [2.24, 2.45) is 0 Å². The van der Waals surface area contributed by atoms with Crippen LogP contribution in [0.5, 0.6) is 11.6 Å². The highest BCUT2D eigenvalue weighted by Crippen LogP contribution is 2.20. The summed E-state index contributed by atoms with van der Waals surface area (Å²) in [7, 11) is 0. The molecule has 0 saturated carbocycles. The number of pyridine rings is 1. The summed E-state index contributed by atoms with van der Waals surface area (Å²) in [5.74, 6) is 1.55. The highest BCUT2D eigenvalue weighted by atomic mass is 19.1. The molecule has 18 heavy (non-hydrogen) atoms. The van der Waals surface area contributed by atoms with Gasteiger partial charge in [-0.2, -0.15) is 4.98 Å². The van der Waals surface area contributed by atoms with E-state index < -0.39 is 0 Å². The Morgan fingerprint density at radius 3 is 2.67 bits per heavy atom. The molecule has 94 valence electrons. The first-order valence-electron chi connectivity index (χ1n) is 5.92. The van der Waals surface area contributed by atoms with Crippen LogP contribution in [0.3, 0.4) is 0 Å². The van der Waals surface area contributed by atoms with E-state index in [2.05, 4.69) is 17.2 Å². The maximum Gasteiger partial charge on any atom is 0.221 e. The number of nitrogens with one attached hydrogen (secondary N) is 1. The molecule has 1 aromatic heterocycles. The second-order valence-corrected chi connectivity index (χ2v) is 3.84. The number of ether oxygens (including phenoxy) is 1. The SMILES string of the molecule is CCCNc1cccc(Oc2ccc(F)cc2)n1. The summed E-state index contributed by atoms with van der Waals surface area (Å²) in [5.41, 5.74) is 0. The van der Waals surface area contributed by atoms with Crippen molar-refractivity contribution in [3.8, 4) is 11.6 Å². The van der Waals surface area contributed by atoms with E-state index >= 15 is 0 Å². The van der Waals surface area contributed by atoms with E-state index in [-0.39, 0.29) is 5.82 Å². The van der Waals surface area contributed by atoms with E-state index in [1.54, 1.807) is 18.2 Å². The lowest BCUT2D eigenvalue weighted by atomic mass is 10.3. The van der Waals surface area contributed by atoms with Gasteiger partial charge in [-0.15, -0.1) is 0 Å². The molecule has 1 aromatic carbocycles. The summed E-state index contributed by atoms with van der Waals surface area (Å²) in [6, 6.07) is 11.4. The molecule has 4 heteroatoms. The number of halogens is 1. The third-order valence-corrected chi connectivity index (χ3v) is 2.32. The zero-order valence-electron chi connectivity index (χ0n) is 10.2. The van der Waals surface area contributed by atoms with Gasteiger partial charge in [0.2, 0.25) is 5.88 Å². The van der Waals surface area contributed by atoms with Crippen LogP contribution in [-0.2, 0) is 0 Å². The van der Waals surface area contributed by atoms with Crippen molar-refractivity contribution >= 4 is 5.82 Å². The average molecular weight is 246 g/mol. The highest BCUT2D eigenvalue weighted by Gasteiger charge is 2.00. The van der Waals surface area contributed by atoms with Gasteiger partial charge in [-0.3, -0.25) is 0 Å². The third kappa shape index (κ3) is 3.45. The molecule has 0 spiro atoms. The van der Waals surface area contributed by atoms with Gasteiger partial charge in [-0.25, -0.2) is 4.39 Å². The molecule has 2 rings (SSSR count). The number of aromatic nitrogens is 1. The van der Waals surface area contributed by atoms with E-state index in [4.69, 9.17) is 4.74 Å². The minimum Gasteiger partial charge on any atom is -0.439 e. The Hall–Kier alpha value is -2.10. The van der Waals surface area contributed by atoms with Crippen LogP contribution < -0.4 is 10.1 Å². The second-order valence-electron chi connectivity index (χ2n) is 3.84. The molecule has 1 N–H and O–H groups in total. The molecule has 0 fully saturated rings. The molecule has 0 aliphatic rings. The lowest BCUT2D eigenvalue weighted by molar-refractivity contribution is 0.462. The van der Waals surface area contributed by atoms with E-state index in [0.717, 1.165) is 18.8 Å². The molecule has 0 aliphatic carbocycles. The van der Waals surface area contributed by atoms with Crippen molar-refractivity contribution in [1.82, 2.24) is 4.98 Å². The second kappa shape index (κ2) is 6.00. The van der Waals surface area contributed by atoms with E-state index in [1.165, 1.54) is 12.1 Å². The lowest BCUT2D eigenvalue weighted by Crippen LogP contribution is -2.02. The van der Waals surface area contributed by atoms with Crippen LogP contribution in [0.1, 0.15) is 13.3 Å². The minimum absolute atomic E-state index is 0.284. The molecular weight excluding hydrogens is 231 g/mol. The van der Waals surface area contributed by atoms with Gasteiger partial charge in [-0.05, 0) is 36.8 Å². The zero-order chi connectivity index (χ0) is 12.8. The van der Waals surface area contributed by atoms with Crippen molar-refractivity contribution in [2.45, 2.75) is 13.3 Å². The summed E-state index contributed by atoms with van der Waals surface area (Å²) in [6.45, 7) is 2.96. The lowest BCUT2D eigenvalue weighted by Gasteiger charge is -2.07. The van der Waals surface area contributed by atoms with Gasteiger partial charge in [0.25, 0.3) is 0 Å². The van der Waals surface area contributed by atoms with E-state index in [9.17, 15) is 4.39 Å². The average Bonchev–Trinajstić information content (AvgIpc) is 2.40. The van der Waals surface area contributed by atoms with Gasteiger partial charge in [0.1, 0.15) is 17.4 Å². The number of rotatable bonds is 5. The van der Waals surface area contributed by atoms with Crippen LogP contribution in [0.4, 0.5) is 10.2 Å². The first-order valence-corrected chi connectivity index (χ1v) is 5.92. The van der Waals surface area contributed by atoms with Crippen LogP contribution in [0.2, 0.25) is 0 Å². The fourth-order valence-corrected chi connectivity index (χ4v) is 1.45. The van der Waals surface area contributed by atoms with Crippen LogP contribution in [0.15, 0.2) is 42.5 Å². The Morgan fingerprint density at radius 1 is 1.17 bits per heavy atom. The van der Waals surface area contributed by atoms with Crippen molar-refractivity contribution in [2.75, 3.05) is 11.9 Å². The summed E-state index contributed by atoms with van der Waals surface area (Å²) < 4.78 is 18.3. The molecule has 1 heterocycles. The van der Waals surface area contributed by atoms with Gasteiger partial charge in [0.05, 0.1) is 0 Å². The quantitative estimate of drug-likeness (QED) is 0.870. The molecule has 0 unspecified atom stereocenters. The molecule has 0 bridgehead atoms. The van der Waals surface area contributed by atoms with Gasteiger partial charge in [-0.1, -0.05) is 13.0 Å². The summed E-state index contributed by atoms with van der Waals surface area (Å²) in [6.07, 6.45) is 1.03. The summed E-state index contributed by atoms with van der Waals surface area (Å²) in [4.78, 5) is 4.30. The fourth-order valence-electron chi connectivity index (χ4n) is 1.45. The Kier molecular flexibility index (Phi) is 4.12. The topological polar surface area (TPSA) is 34.1 Å². The highest BCUT2D eigenvalue weighted by molar-refractivity contribution is 5.38. The maximum absolute atomic E-state index is 12.7. The smallest absolute Gasteiger partial charge is 0.221 e. The molecule has 0 radical (unpaired) electrons. The summed E-state index contributed by atoms with van der Waals surface area (Å²) >= 11 is 0. The third-order valence-electron chi connectivity index (χ3n) is 2.32. The first-order chi connectivity index (χ1) is 8.78. The Morgan fingerprint density at radius 2 is 1.94 bits per heavy atom. The first kappa shape index (κ1) is 12.4. The van der Waals surface area contributed by atoms with Crippen LogP contribution in [-0.4, -0.2) is 11.5 Å².